The number of ether oxygens (including phenoxy) is 1. The lowest BCUT2D eigenvalue weighted by molar-refractivity contribution is -0.120. The molecule has 1 fully saturated rings. The van der Waals surface area contributed by atoms with E-state index in [0.29, 0.717) is 17.3 Å². The Labute approximate surface area is 191 Å². The van der Waals surface area contributed by atoms with Gasteiger partial charge in [0.25, 0.3) is 5.91 Å². The number of anilines is 1. The fraction of sp³-hybridized carbons (Fsp3) is 0.154. The topological polar surface area (TPSA) is 48.6 Å². The van der Waals surface area contributed by atoms with Gasteiger partial charge in [-0.3, -0.25) is 9.69 Å². The number of rotatable bonds is 3. The average Bonchev–Trinajstić information content (AvgIpc) is 3.33. The van der Waals surface area contributed by atoms with Crippen LogP contribution in [0.15, 0.2) is 78.9 Å². The van der Waals surface area contributed by atoms with Crippen LogP contribution in [0.5, 0.6) is 5.75 Å². The predicted molar refractivity (Wildman–Crippen MR) is 129 cm³/mol. The van der Waals surface area contributed by atoms with Crippen molar-refractivity contribution in [1.29, 1.82) is 0 Å². The van der Waals surface area contributed by atoms with Crippen LogP contribution in [0.2, 0.25) is 0 Å². The summed E-state index contributed by atoms with van der Waals surface area (Å²) in [5, 5.41) is 1.69. The largest absolute Gasteiger partial charge is 0.497 e. The summed E-state index contributed by atoms with van der Waals surface area (Å²) < 4.78 is 5.38. The smallest absolute Gasteiger partial charge is 0.256 e. The van der Waals surface area contributed by atoms with E-state index in [9.17, 15) is 4.79 Å². The standard InChI is InChI=1S/C26H21N3O2S/c1-31-18-11-7-10-17(14-18)28-25(30)22-15-20-19-12-5-6-13-21(19)27-23(20)24(29(22)26(28)32)16-8-3-2-4-9-16/h2-14,22,24,27H,15H2,1H3/t22-,24-/m1/s1. The van der Waals surface area contributed by atoms with Gasteiger partial charge < -0.3 is 14.6 Å². The van der Waals surface area contributed by atoms with Gasteiger partial charge in [0.1, 0.15) is 11.8 Å². The van der Waals surface area contributed by atoms with E-state index in [1.165, 1.54) is 10.9 Å². The summed E-state index contributed by atoms with van der Waals surface area (Å²) in [5.41, 5.74) is 5.22. The number of nitrogens with zero attached hydrogens (tertiary/aromatic N) is 2. The highest BCUT2D eigenvalue weighted by atomic mass is 32.1. The molecule has 0 aliphatic carbocycles. The molecule has 5 nitrogen and oxygen atoms in total. The fourth-order valence-corrected chi connectivity index (χ4v) is 5.47. The molecule has 0 bridgehead atoms. The molecule has 2 atom stereocenters. The zero-order valence-corrected chi connectivity index (χ0v) is 18.3. The van der Waals surface area contributed by atoms with Crippen LogP contribution in [0.4, 0.5) is 5.69 Å². The molecule has 158 valence electrons. The number of amides is 1. The summed E-state index contributed by atoms with van der Waals surface area (Å²) in [6, 6.07) is 25.5. The Kier molecular flexibility index (Phi) is 4.30. The van der Waals surface area contributed by atoms with Crippen molar-refractivity contribution in [3.63, 3.8) is 0 Å². The zero-order valence-electron chi connectivity index (χ0n) is 17.5. The molecule has 0 spiro atoms. The number of aromatic nitrogens is 1. The lowest BCUT2D eigenvalue weighted by atomic mass is 9.89. The number of carbonyl (C=O) groups is 1. The van der Waals surface area contributed by atoms with Gasteiger partial charge in [-0.05, 0) is 41.5 Å². The average molecular weight is 440 g/mol. The maximum Gasteiger partial charge on any atom is 0.256 e. The van der Waals surface area contributed by atoms with Crippen LogP contribution in [0.3, 0.4) is 0 Å². The minimum absolute atomic E-state index is 0.000107. The van der Waals surface area contributed by atoms with Gasteiger partial charge in [0.2, 0.25) is 0 Å². The summed E-state index contributed by atoms with van der Waals surface area (Å²) in [7, 11) is 1.62. The Morgan fingerprint density at radius 1 is 1.00 bits per heavy atom. The van der Waals surface area contributed by atoms with Crippen molar-refractivity contribution in [2.75, 3.05) is 12.0 Å². The third kappa shape index (κ3) is 2.69. The third-order valence-corrected chi connectivity index (χ3v) is 6.87. The third-order valence-electron chi connectivity index (χ3n) is 6.48. The zero-order chi connectivity index (χ0) is 21.8. The Balaban J connectivity index is 1.53. The molecule has 32 heavy (non-hydrogen) atoms. The fourth-order valence-electron chi connectivity index (χ4n) is 5.04. The van der Waals surface area contributed by atoms with E-state index in [1.807, 2.05) is 54.6 Å². The van der Waals surface area contributed by atoms with Gasteiger partial charge in [0.15, 0.2) is 5.11 Å². The number of methoxy groups -OCH3 is 1. The molecule has 6 heteroatoms. The lowest BCUT2D eigenvalue weighted by Gasteiger charge is -2.37. The van der Waals surface area contributed by atoms with Crippen molar-refractivity contribution in [2.24, 2.45) is 0 Å². The normalized spacial score (nSPS) is 19.9. The number of aromatic amines is 1. The monoisotopic (exact) mass is 439 g/mol. The van der Waals surface area contributed by atoms with Gasteiger partial charge in [0.05, 0.1) is 18.8 Å². The lowest BCUT2D eigenvalue weighted by Crippen LogP contribution is -2.44. The highest BCUT2D eigenvalue weighted by Gasteiger charge is 2.50. The van der Waals surface area contributed by atoms with E-state index in [4.69, 9.17) is 17.0 Å². The highest BCUT2D eigenvalue weighted by molar-refractivity contribution is 7.80. The van der Waals surface area contributed by atoms with Crippen LogP contribution in [0.1, 0.15) is 22.9 Å². The number of thiocarbonyl (C=S) groups is 1. The van der Waals surface area contributed by atoms with E-state index in [-0.39, 0.29) is 18.0 Å². The highest BCUT2D eigenvalue weighted by Crippen LogP contribution is 2.45. The molecule has 1 amide bonds. The number of fused-ring (bicyclic) bond motifs is 4. The molecular weight excluding hydrogens is 418 g/mol. The van der Waals surface area contributed by atoms with Crippen LogP contribution < -0.4 is 9.64 Å². The molecule has 3 aromatic carbocycles. The Morgan fingerprint density at radius 2 is 1.78 bits per heavy atom. The minimum Gasteiger partial charge on any atom is -0.497 e. The molecule has 4 aromatic rings. The van der Waals surface area contributed by atoms with E-state index in [1.54, 1.807) is 12.0 Å². The summed E-state index contributed by atoms with van der Waals surface area (Å²) in [6.07, 6.45) is 0.613. The van der Waals surface area contributed by atoms with E-state index < -0.39 is 0 Å². The first kappa shape index (κ1) is 19.1. The van der Waals surface area contributed by atoms with Crippen LogP contribution in [0.25, 0.3) is 10.9 Å². The number of nitrogens with one attached hydrogen (secondary N) is 1. The maximum atomic E-state index is 13.7. The van der Waals surface area contributed by atoms with Gasteiger partial charge in [-0.1, -0.05) is 54.6 Å². The second kappa shape index (κ2) is 7.21. The first-order chi connectivity index (χ1) is 15.7. The van der Waals surface area contributed by atoms with Crippen molar-refractivity contribution in [1.82, 2.24) is 9.88 Å². The van der Waals surface area contributed by atoms with E-state index in [0.717, 1.165) is 22.5 Å². The number of hydrogen-bond donors (Lipinski definition) is 1. The van der Waals surface area contributed by atoms with Crippen LogP contribution >= 0.6 is 12.2 Å². The van der Waals surface area contributed by atoms with Crippen molar-refractivity contribution < 1.29 is 9.53 Å². The first-order valence-electron chi connectivity index (χ1n) is 10.6. The molecule has 0 saturated carbocycles. The molecule has 0 radical (unpaired) electrons. The van der Waals surface area contributed by atoms with Crippen molar-refractivity contribution in [3.05, 3.63) is 95.7 Å². The molecule has 6 rings (SSSR count). The summed E-state index contributed by atoms with van der Waals surface area (Å²) in [6.45, 7) is 0. The number of benzene rings is 3. The molecule has 2 aliphatic heterocycles. The second-order valence-corrected chi connectivity index (χ2v) is 8.53. The second-order valence-electron chi connectivity index (χ2n) is 8.16. The molecule has 3 heterocycles. The van der Waals surface area contributed by atoms with Crippen molar-refractivity contribution in [3.8, 4) is 5.75 Å². The molecule has 1 aromatic heterocycles. The number of para-hydroxylation sites is 1. The molecular formula is C26H21N3O2S. The quantitative estimate of drug-likeness (QED) is 0.465. The van der Waals surface area contributed by atoms with Crippen LogP contribution in [-0.4, -0.2) is 34.1 Å². The first-order valence-corrected chi connectivity index (χ1v) is 11.0. The Bertz CT molecular complexity index is 1360. The van der Waals surface area contributed by atoms with E-state index in [2.05, 4.69) is 34.1 Å². The van der Waals surface area contributed by atoms with E-state index >= 15 is 0 Å². The number of H-pyrrole nitrogens is 1. The van der Waals surface area contributed by atoms with Gasteiger partial charge in [-0.25, -0.2) is 0 Å². The molecule has 0 unspecified atom stereocenters. The van der Waals surface area contributed by atoms with Crippen molar-refractivity contribution >= 4 is 39.8 Å². The van der Waals surface area contributed by atoms with Crippen LogP contribution in [-0.2, 0) is 11.2 Å². The summed E-state index contributed by atoms with van der Waals surface area (Å²) in [5.74, 6) is 0.693. The molecule has 1 N–H and O–H groups in total. The number of carbonyl (C=O) groups excluding carboxylic acids is 1. The number of hydrogen-bond acceptors (Lipinski definition) is 3. The molecule has 1 saturated heterocycles. The molecule has 2 aliphatic rings. The van der Waals surface area contributed by atoms with Crippen LogP contribution in [0, 0.1) is 0 Å². The van der Waals surface area contributed by atoms with Gasteiger partial charge in [0, 0.05) is 29.1 Å². The minimum atomic E-state index is -0.356. The van der Waals surface area contributed by atoms with Gasteiger partial charge >= 0.3 is 0 Å². The van der Waals surface area contributed by atoms with Crippen molar-refractivity contribution in [2.45, 2.75) is 18.5 Å². The van der Waals surface area contributed by atoms with Gasteiger partial charge in [-0.2, -0.15) is 0 Å². The van der Waals surface area contributed by atoms with Gasteiger partial charge in [-0.15, -0.1) is 0 Å². The maximum absolute atomic E-state index is 13.7. The summed E-state index contributed by atoms with van der Waals surface area (Å²) in [4.78, 5) is 21.1. The summed E-state index contributed by atoms with van der Waals surface area (Å²) >= 11 is 5.94. The Hall–Kier alpha value is -3.64. The predicted octanol–water partition coefficient (Wildman–Crippen LogP) is 4.82. The Morgan fingerprint density at radius 3 is 2.59 bits per heavy atom. The SMILES string of the molecule is COc1cccc(N2C(=O)[C@H]3Cc4c([nH]c5ccccc45)[C@@H](c4ccccc4)N3C2=S)c1.